The largest absolute Gasteiger partial charge is 0.310 e. The van der Waals surface area contributed by atoms with Gasteiger partial charge in [0.05, 0.1) is 0 Å². The van der Waals surface area contributed by atoms with E-state index in [-0.39, 0.29) is 0 Å². The van der Waals surface area contributed by atoms with Gasteiger partial charge in [-0.25, -0.2) is 0 Å². The predicted molar refractivity (Wildman–Crippen MR) is 74.6 cm³/mol. The molecule has 2 heteroatoms. The summed E-state index contributed by atoms with van der Waals surface area (Å²) >= 11 is 6.12. The van der Waals surface area contributed by atoms with Gasteiger partial charge in [0, 0.05) is 11.1 Å². The van der Waals surface area contributed by atoms with Crippen molar-refractivity contribution in [3.05, 3.63) is 34.3 Å². The summed E-state index contributed by atoms with van der Waals surface area (Å²) in [7, 11) is 0. The summed E-state index contributed by atoms with van der Waals surface area (Å²) < 4.78 is 0. The van der Waals surface area contributed by atoms with Crippen LogP contribution >= 0.6 is 11.6 Å². The van der Waals surface area contributed by atoms with E-state index in [4.69, 9.17) is 11.6 Å². The Morgan fingerprint density at radius 1 is 1.41 bits per heavy atom. The summed E-state index contributed by atoms with van der Waals surface area (Å²) in [6.45, 7) is 5.48. The fourth-order valence-corrected chi connectivity index (χ4v) is 2.49. The van der Waals surface area contributed by atoms with Gasteiger partial charge in [0.2, 0.25) is 0 Å². The molecule has 0 amide bonds. The zero-order valence-corrected chi connectivity index (χ0v) is 11.6. The second-order valence-corrected chi connectivity index (χ2v) is 5.62. The first-order valence-corrected chi connectivity index (χ1v) is 7.08. The highest BCUT2D eigenvalue weighted by molar-refractivity contribution is 6.30. The fourth-order valence-electron chi connectivity index (χ4n) is 2.31. The Balaban J connectivity index is 2.13. The number of benzene rings is 1. The van der Waals surface area contributed by atoms with Crippen molar-refractivity contribution < 1.29 is 0 Å². The molecule has 1 aromatic rings. The van der Waals surface area contributed by atoms with Crippen molar-refractivity contribution in [2.45, 2.75) is 45.6 Å². The van der Waals surface area contributed by atoms with Crippen LogP contribution in [0.2, 0.25) is 5.02 Å². The van der Waals surface area contributed by atoms with Crippen molar-refractivity contribution in [1.29, 1.82) is 0 Å². The third-order valence-corrected chi connectivity index (χ3v) is 3.76. The van der Waals surface area contributed by atoms with E-state index in [0.29, 0.717) is 6.04 Å². The van der Waals surface area contributed by atoms with Crippen LogP contribution in [0, 0.1) is 12.8 Å². The van der Waals surface area contributed by atoms with Gasteiger partial charge in [0.15, 0.2) is 0 Å². The molecule has 0 heterocycles. The maximum absolute atomic E-state index is 6.12. The third kappa shape index (κ3) is 3.72. The molecule has 1 saturated carbocycles. The van der Waals surface area contributed by atoms with E-state index >= 15 is 0 Å². The first kappa shape index (κ1) is 12.9. The zero-order chi connectivity index (χ0) is 12.3. The monoisotopic (exact) mass is 251 g/mol. The number of hydrogen-bond donors (Lipinski definition) is 1. The normalized spacial score (nSPS) is 17.1. The summed E-state index contributed by atoms with van der Waals surface area (Å²) in [5.41, 5.74) is 2.74. The Bertz CT molecular complexity index is 371. The van der Waals surface area contributed by atoms with Gasteiger partial charge in [-0.15, -0.1) is 0 Å². The van der Waals surface area contributed by atoms with E-state index in [1.807, 2.05) is 6.07 Å². The average molecular weight is 252 g/mol. The number of halogens is 1. The zero-order valence-electron chi connectivity index (χ0n) is 10.8. The molecule has 1 unspecified atom stereocenters. The molecule has 94 valence electrons. The molecule has 1 nitrogen and oxygen atoms in total. The molecule has 0 spiro atoms. The minimum Gasteiger partial charge on any atom is -0.310 e. The van der Waals surface area contributed by atoms with Gasteiger partial charge in [0.1, 0.15) is 0 Å². The van der Waals surface area contributed by atoms with Gasteiger partial charge < -0.3 is 5.32 Å². The van der Waals surface area contributed by atoms with Crippen molar-refractivity contribution in [2.75, 3.05) is 6.54 Å². The second kappa shape index (κ2) is 5.88. The van der Waals surface area contributed by atoms with Gasteiger partial charge in [-0.05, 0) is 55.5 Å². The van der Waals surface area contributed by atoms with Crippen LogP contribution in [0.4, 0.5) is 0 Å². The molecule has 0 aliphatic heterocycles. The molecule has 0 saturated heterocycles. The van der Waals surface area contributed by atoms with E-state index < -0.39 is 0 Å². The van der Waals surface area contributed by atoms with Gasteiger partial charge in [0.25, 0.3) is 0 Å². The van der Waals surface area contributed by atoms with E-state index in [2.05, 4.69) is 31.3 Å². The molecule has 0 bridgehead atoms. The maximum atomic E-state index is 6.12. The van der Waals surface area contributed by atoms with Gasteiger partial charge in [-0.1, -0.05) is 37.4 Å². The smallest absolute Gasteiger partial charge is 0.0409 e. The summed E-state index contributed by atoms with van der Waals surface area (Å²) in [5, 5.41) is 4.52. The van der Waals surface area contributed by atoms with E-state index in [1.165, 1.54) is 36.8 Å². The minimum absolute atomic E-state index is 0.487. The summed E-state index contributed by atoms with van der Waals surface area (Å²) in [5.74, 6) is 0.933. The minimum atomic E-state index is 0.487. The van der Waals surface area contributed by atoms with Crippen molar-refractivity contribution in [1.82, 2.24) is 5.32 Å². The van der Waals surface area contributed by atoms with Crippen LogP contribution in [-0.4, -0.2) is 6.54 Å². The molecule has 1 aliphatic rings. The summed E-state index contributed by atoms with van der Waals surface area (Å²) in [4.78, 5) is 0. The Labute approximate surface area is 110 Å². The molecule has 0 radical (unpaired) electrons. The lowest BCUT2D eigenvalue weighted by atomic mass is 9.96. The molecule has 1 N–H and O–H groups in total. The van der Waals surface area contributed by atoms with E-state index in [1.54, 1.807) is 0 Å². The highest BCUT2D eigenvalue weighted by atomic mass is 35.5. The van der Waals surface area contributed by atoms with Crippen LogP contribution in [-0.2, 0) is 0 Å². The number of hydrogen-bond acceptors (Lipinski definition) is 1. The van der Waals surface area contributed by atoms with Gasteiger partial charge >= 0.3 is 0 Å². The average Bonchev–Trinajstić information content (AvgIpc) is 3.11. The van der Waals surface area contributed by atoms with Crippen molar-refractivity contribution in [2.24, 2.45) is 5.92 Å². The van der Waals surface area contributed by atoms with Crippen LogP contribution in [0.15, 0.2) is 18.2 Å². The molecule has 1 atom stereocenters. The highest BCUT2D eigenvalue weighted by Gasteiger charge is 2.26. The summed E-state index contributed by atoms with van der Waals surface area (Å²) in [6.07, 6.45) is 5.26. The van der Waals surface area contributed by atoms with Crippen LogP contribution in [0.25, 0.3) is 0 Å². The highest BCUT2D eigenvalue weighted by Crippen LogP contribution is 2.38. The second-order valence-electron chi connectivity index (χ2n) is 5.19. The lowest BCUT2D eigenvalue weighted by Crippen LogP contribution is -2.23. The lowest BCUT2D eigenvalue weighted by Gasteiger charge is -2.21. The first-order valence-electron chi connectivity index (χ1n) is 6.70. The molecular weight excluding hydrogens is 230 g/mol. The van der Waals surface area contributed by atoms with Gasteiger partial charge in [-0.3, -0.25) is 0 Å². The first-order chi connectivity index (χ1) is 8.20. The molecular formula is C15H22ClN. The topological polar surface area (TPSA) is 12.0 Å². The quantitative estimate of drug-likeness (QED) is 0.786. The Hall–Kier alpha value is -0.530. The molecule has 1 fully saturated rings. The molecule has 17 heavy (non-hydrogen) atoms. The van der Waals surface area contributed by atoms with Crippen LogP contribution in [0.5, 0.6) is 0 Å². The fraction of sp³-hybridized carbons (Fsp3) is 0.600. The maximum Gasteiger partial charge on any atom is 0.0409 e. The van der Waals surface area contributed by atoms with Crippen molar-refractivity contribution in [3.63, 3.8) is 0 Å². The molecule has 1 aliphatic carbocycles. The number of nitrogens with one attached hydrogen (secondary N) is 1. The third-order valence-electron chi connectivity index (χ3n) is 3.52. The summed E-state index contributed by atoms with van der Waals surface area (Å²) in [6, 6.07) is 6.73. The standard InChI is InChI=1S/C15H22ClN/c1-3-8-17-15(9-12-5-6-12)14-10-13(16)7-4-11(14)2/h4,7,10,12,15,17H,3,5-6,8-9H2,1-2H3. The Kier molecular flexibility index (Phi) is 4.47. The number of aryl methyl sites for hydroxylation is 1. The Morgan fingerprint density at radius 3 is 2.82 bits per heavy atom. The van der Waals surface area contributed by atoms with Gasteiger partial charge in [-0.2, -0.15) is 0 Å². The molecule has 0 aromatic heterocycles. The van der Waals surface area contributed by atoms with Crippen LogP contribution in [0.3, 0.4) is 0 Å². The molecule has 2 rings (SSSR count). The van der Waals surface area contributed by atoms with Crippen molar-refractivity contribution >= 4 is 11.6 Å². The predicted octanol–water partition coefficient (Wildman–Crippen LogP) is 4.49. The number of rotatable bonds is 6. The van der Waals surface area contributed by atoms with Crippen molar-refractivity contribution in [3.8, 4) is 0 Å². The lowest BCUT2D eigenvalue weighted by molar-refractivity contribution is 0.472. The molecule has 1 aromatic carbocycles. The SMILES string of the molecule is CCCNC(CC1CC1)c1cc(Cl)ccc1C. The Morgan fingerprint density at radius 2 is 2.18 bits per heavy atom. The van der Waals surface area contributed by atoms with E-state index in [9.17, 15) is 0 Å². The van der Waals surface area contributed by atoms with E-state index in [0.717, 1.165) is 17.5 Å². The van der Waals surface area contributed by atoms with Crippen LogP contribution < -0.4 is 5.32 Å². The van der Waals surface area contributed by atoms with Crippen LogP contribution in [0.1, 0.15) is 49.8 Å².